The largest absolute Gasteiger partial charge is 0.364 e. The molecular formula is C21H27F2N7O. The van der Waals surface area contributed by atoms with Gasteiger partial charge in [0.15, 0.2) is 11.5 Å². The summed E-state index contributed by atoms with van der Waals surface area (Å²) in [5.74, 6) is -3.30. The second kappa shape index (κ2) is 8.33. The highest BCUT2D eigenvalue weighted by molar-refractivity contribution is 5.96. The smallest absolute Gasteiger partial charge is 0.273 e. The molecule has 1 aromatic carbocycles. The van der Waals surface area contributed by atoms with Gasteiger partial charge < -0.3 is 21.3 Å². The van der Waals surface area contributed by atoms with E-state index in [1.807, 2.05) is 12.1 Å². The van der Waals surface area contributed by atoms with E-state index in [4.69, 9.17) is 5.73 Å². The van der Waals surface area contributed by atoms with E-state index in [2.05, 4.69) is 31.9 Å². The summed E-state index contributed by atoms with van der Waals surface area (Å²) in [5.41, 5.74) is 8.69. The molecule has 0 unspecified atom stereocenters. The van der Waals surface area contributed by atoms with Gasteiger partial charge in [-0.2, -0.15) is 4.98 Å². The van der Waals surface area contributed by atoms with Gasteiger partial charge in [0.1, 0.15) is 0 Å². The maximum atomic E-state index is 14.4. The topological polar surface area (TPSA) is 109 Å². The molecule has 0 bridgehead atoms. The first-order valence-corrected chi connectivity index (χ1v) is 10.5. The average molecular weight is 431 g/mol. The monoisotopic (exact) mass is 431 g/mol. The van der Waals surface area contributed by atoms with Gasteiger partial charge >= 0.3 is 0 Å². The lowest BCUT2D eigenvalue weighted by atomic mass is 9.86. The number of aromatic nitrogens is 3. The molecule has 2 aliphatic rings. The van der Waals surface area contributed by atoms with E-state index in [-0.39, 0.29) is 23.9 Å². The Hall–Kier alpha value is -2.88. The molecule has 10 heteroatoms. The van der Waals surface area contributed by atoms with Crippen LogP contribution in [0.3, 0.4) is 0 Å². The molecule has 1 amide bonds. The van der Waals surface area contributed by atoms with Crippen LogP contribution in [0.1, 0.15) is 47.3 Å². The third kappa shape index (κ3) is 4.16. The van der Waals surface area contributed by atoms with Crippen molar-refractivity contribution in [2.45, 2.75) is 56.5 Å². The molecular weight excluding hydrogens is 404 g/mol. The number of primary amides is 1. The summed E-state index contributed by atoms with van der Waals surface area (Å²) in [4.78, 5) is 17.9. The van der Waals surface area contributed by atoms with Gasteiger partial charge in [-0.25, -0.2) is 8.78 Å². The number of benzene rings is 1. The maximum absolute atomic E-state index is 14.4. The number of hydrogen-bond donors (Lipinski definition) is 3. The van der Waals surface area contributed by atoms with E-state index >= 15 is 0 Å². The second-order valence-electron chi connectivity index (χ2n) is 8.23. The molecule has 0 aliphatic heterocycles. The van der Waals surface area contributed by atoms with Gasteiger partial charge in [0.05, 0.1) is 12.1 Å². The van der Waals surface area contributed by atoms with Crippen molar-refractivity contribution in [2.75, 3.05) is 24.3 Å². The number of alkyl halides is 2. The fraction of sp³-hybridized carbons (Fsp3) is 0.524. The van der Waals surface area contributed by atoms with E-state index in [1.165, 1.54) is 18.2 Å². The number of fused-ring (bicyclic) bond motifs is 1. The van der Waals surface area contributed by atoms with Crippen molar-refractivity contribution in [1.82, 2.24) is 20.5 Å². The van der Waals surface area contributed by atoms with Crippen LogP contribution in [0.15, 0.2) is 18.2 Å². The highest BCUT2D eigenvalue weighted by Crippen LogP contribution is 2.36. The Balaban J connectivity index is 1.64. The molecule has 1 aromatic heterocycles. The van der Waals surface area contributed by atoms with Crippen LogP contribution in [-0.4, -0.2) is 53.2 Å². The molecule has 2 atom stereocenters. The number of carbonyl (C=O) groups is 1. The van der Waals surface area contributed by atoms with Crippen molar-refractivity contribution in [2.24, 2.45) is 5.73 Å². The Labute approximate surface area is 179 Å². The first kappa shape index (κ1) is 21.4. The SMILES string of the molecule is CN[C@@H]1[C@H](N(C)c2nnc(C(N)=O)c(Nc3ccc4c(c3)CCC4)n2)CCCC1(F)F. The number of rotatable bonds is 6. The highest BCUT2D eigenvalue weighted by Gasteiger charge is 2.48. The van der Waals surface area contributed by atoms with Crippen molar-refractivity contribution >= 4 is 23.4 Å². The standard InChI is InChI=1S/C21H27F2N7O/c1-25-17-15(7-4-10-21(17,22)23)30(2)20-27-19(16(18(24)31)28-29-20)26-14-9-8-12-5-3-6-13(12)11-14/h8-9,11,15,17,25H,3-7,10H2,1-2H3,(H2,24,31)(H,26,27,29)/t15-,17-/m1/s1. The quantitative estimate of drug-likeness (QED) is 0.644. The molecule has 4 N–H and O–H groups in total. The lowest BCUT2D eigenvalue weighted by molar-refractivity contribution is -0.0685. The number of hydrogen-bond acceptors (Lipinski definition) is 7. The number of anilines is 3. The van der Waals surface area contributed by atoms with E-state index in [0.717, 1.165) is 24.9 Å². The Bertz CT molecular complexity index is 984. The number of likely N-dealkylation sites (N-methyl/N-ethyl adjacent to an activating group) is 2. The fourth-order valence-electron chi connectivity index (χ4n) is 4.63. The van der Waals surface area contributed by atoms with Crippen molar-refractivity contribution in [1.29, 1.82) is 0 Å². The van der Waals surface area contributed by atoms with Crippen molar-refractivity contribution in [3.05, 3.63) is 35.0 Å². The van der Waals surface area contributed by atoms with Gasteiger partial charge in [-0.1, -0.05) is 6.07 Å². The molecule has 0 radical (unpaired) electrons. The van der Waals surface area contributed by atoms with Gasteiger partial charge in [0.2, 0.25) is 5.95 Å². The normalized spacial score (nSPS) is 22.1. The van der Waals surface area contributed by atoms with Gasteiger partial charge in [0, 0.05) is 19.2 Å². The van der Waals surface area contributed by atoms with Crippen molar-refractivity contribution in [3.63, 3.8) is 0 Å². The Morgan fingerprint density at radius 2 is 2.00 bits per heavy atom. The van der Waals surface area contributed by atoms with E-state index in [1.54, 1.807) is 11.9 Å². The molecule has 2 aliphatic carbocycles. The Morgan fingerprint density at radius 1 is 1.23 bits per heavy atom. The molecule has 31 heavy (non-hydrogen) atoms. The van der Waals surface area contributed by atoms with Gasteiger partial charge in [-0.05, 0) is 62.4 Å². The Morgan fingerprint density at radius 3 is 2.74 bits per heavy atom. The van der Waals surface area contributed by atoms with E-state index < -0.39 is 23.9 Å². The zero-order valence-corrected chi connectivity index (χ0v) is 17.7. The number of aryl methyl sites for hydroxylation is 2. The fourth-order valence-corrected chi connectivity index (χ4v) is 4.63. The van der Waals surface area contributed by atoms with E-state index in [9.17, 15) is 13.6 Å². The number of carbonyl (C=O) groups excluding carboxylic acids is 1. The predicted octanol–water partition coefficient (Wildman–Crippen LogP) is 2.41. The maximum Gasteiger partial charge on any atom is 0.273 e. The van der Waals surface area contributed by atoms with Gasteiger partial charge in [-0.3, -0.25) is 4.79 Å². The van der Waals surface area contributed by atoms with Crippen LogP contribution in [-0.2, 0) is 12.8 Å². The third-order valence-electron chi connectivity index (χ3n) is 6.24. The number of nitrogens with two attached hydrogens (primary N) is 1. The van der Waals surface area contributed by atoms with Crippen LogP contribution in [0, 0.1) is 0 Å². The first-order valence-electron chi connectivity index (χ1n) is 10.5. The van der Waals surface area contributed by atoms with Crippen LogP contribution in [0.25, 0.3) is 0 Å². The van der Waals surface area contributed by atoms with Gasteiger partial charge in [0.25, 0.3) is 11.8 Å². The second-order valence-corrected chi connectivity index (χ2v) is 8.23. The molecule has 8 nitrogen and oxygen atoms in total. The number of nitrogens with one attached hydrogen (secondary N) is 2. The minimum atomic E-state index is -2.84. The van der Waals surface area contributed by atoms with Crippen LogP contribution in [0.2, 0.25) is 0 Å². The minimum Gasteiger partial charge on any atom is -0.364 e. The summed E-state index contributed by atoms with van der Waals surface area (Å²) in [5, 5.41) is 13.8. The van der Waals surface area contributed by atoms with E-state index in [0.29, 0.717) is 12.8 Å². The molecule has 1 saturated carbocycles. The lowest BCUT2D eigenvalue weighted by Gasteiger charge is -2.42. The molecule has 1 heterocycles. The van der Waals surface area contributed by atoms with Crippen LogP contribution < -0.4 is 21.3 Å². The summed E-state index contributed by atoms with van der Waals surface area (Å²) in [6, 6.07) is 4.43. The Kier molecular flexibility index (Phi) is 5.74. The number of amides is 1. The number of nitrogens with zero attached hydrogens (tertiary/aromatic N) is 4. The summed E-state index contributed by atoms with van der Waals surface area (Å²) < 4.78 is 28.8. The lowest BCUT2D eigenvalue weighted by Crippen LogP contribution is -2.59. The average Bonchev–Trinajstić information content (AvgIpc) is 3.20. The summed E-state index contributed by atoms with van der Waals surface area (Å²) in [7, 11) is 3.19. The van der Waals surface area contributed by atoms with Crippen LogP contribution >= 0.6 is 0 Å². The molecule has 0 saturated heterocycles. The molecule has 4 rings (SSSR count). The first-order chi connectivity index (χ1) is 14.8. The zero-order chi connectivity index (χ0) is 22.2. The van der Waals surface area contributed by atoms with Crippen LogP contribution in [0.5, 0.6) is 0 Å². The molecule has 1 fully saturated rings. The predicted molar refractivity (Wildman–Crippen MR) is 114 cm³/mol. The number of halogens is 2. The van der Waals surface area contributed by atoms with Crippen molar-refractivity contribution < 1.29 is 13.6 Å². The summed E-state index contributed by atoms with van der Waals surface area (Å²) in [6.07, 6.45) is 3.98. The molecule has 2 aromatic rings. The van der Waals surface area contributed by atoms with Crippen molar-refractivity contribution in [3.8, 4) is 0 Å². The van der Waals surface area contributed by atoms with Crippen LogP contribution in [0.4, 0.5) is 26.2 Å². The molecule has 0 spiro atoms. The summed E-state index contributed by atoms with van der Waals surface area (Å²) >= 11 is 0. The third-order valence-corrected chi connectivity index (χ3v) is 6.24. The highest BCUT2D eigenvalue weighted by atomic mass is 19.3. The van der Waals surface area contributed by atoms with Gasteiger partial charge in [-0.15, -0.1) is 10.2 Å². The zero-order valence-electron chi connectivity index (χ0n) is 17.7. The summed E-state index contributed by atoms with van der Waals surface area (Å²) in [6.45, 7) is 0. The molecule has 166 valence electrons. The minimum absolute atomic E-state index is 0.100.